The summed E-state index contributed by atoms with van der Waals surface area (Å²) in [6, 6.07) is 7.55. The van der Waals surface area contributed by atoms with Gasteiger partial charge in [-0.2, -0.15) is 4.57 Å². The van der Waals surface area contributed by atoms with Crippen molar-refractivity contribution in [2.75, 3.05) is 0 Å². The molecule has 1 aromatic heterocycles. The highest BCUT2D eigenvalue weighted by Gasteiger charge is 2.16. The summed E-state index contributed by atoms with van der Waals surface area (Å²) in [5.74, 6) is -1.12. The van der Waals surface area contributed by atoms with Crippen molar-refractivity contribution < 1.29 is 14.5 Å². The van der Waals surface area contributed by atoms with Gasteiger partial charge in [-0.05, 0) is 6.07 Å². The van der Waals surface area contributed by atoms with Crippen LogP contribution in [-0.2, 0) is 7.05 Å². The van der Waals surface area contributed by atoms with Crippen molar-refractivity contribution in [3.8, 4) is 0 Å². The van der Waals surface area contributed by atoms with Gasteiger partial charge in [-0.25, -0.2) is 0 Å². The largest absolute Gasteiger partial charge is 0.539 e. The van der Waals surface area contributed by atoms with Crippen LogP contribution >= 0.6 is 11.3 Å². The van der Waals surface area contributed by atoms with E-state index < -0.39 is 5.97 Å². The smallest absolute Gasteiger partial charge is 0.285 e. The maximum atomic E-state index is 10.7. The van der Waals surface area contributed by atoms with Gasteiger partial charge in [0.1, 0.15) is 11.7 Å². The van der Waals surface area contributed by atoms with Crippen LogP contribution in [-0.4, -0.2) is 5.97 Å². The third kappa shape index (κ3) is 1.19. The molecule has 0 fully saturated rings. The molecule has 4 heteroatoms. The van der Waals surface area contributed by atoms with Crippen molar-refractivity contribution >= 4 is 27.5 Å². The minimum Gasteiger partial charge on any atom is -0.539 e. The molecule has 0 spiro atoms. The monoisotopic (exact) mass is 193 g/mol. The molecule has 0 N–H and O–H groups in total. The summed E-state index contributed by atoms with van der Waals surface area (Å²) in [5, 5.41) is 10.9. The first-order valence-corrected chi connectivity index (χ1v) is 4.60. The van der Waals surface area contributed by atoms with Crippen LogP contribution in [0.2, 0.25) is 0 Å². The minimum absolute atomic E-state index is 0.251. The van der Waals surface area contributed by atoms with Crippen molar-refractivity contribution in [2.45, 2.75) is 0 Å². The third-order valence-corrected chi connectivity index (χ3v) is 3.11. The van der Waals surface area contributed by atoms with E-state index in [1.54, 1.807) is 11.6 Å². The van der Waals surface area contributed by atoms with E-state index in [0.29, 0.717) is 0 Å². The van der Waals surface area contributed by atoms with Gasteiger partial charge in [0.2, 0.25) is 5.52 Å². The van der Waals surface area contributed by atoms with Crippen molar-refractivity contribution in [1.82, 2.24) is 0 Å². The first-order valence-electron chi connectivity index (χ1n) is 3.79. The van der Waals surface area contributed by atoms with Crippen LogP contribution in [0.4, 0.5) is 0 Å². The average Bonchev–Trinajstić information content (AvgIpc) is 2.45. The Kier molecular flexibility index (Phi) is 1.77. The van der Waals surface area contributed by atoms with Crippen LogP contribution in [0.5, 0.6) is 0 Å². The fourth-order valence-electron chi connectivity index (χ4n) is 1.28. The van der Waals surface area contributed by atoms with Gasteiger partial charge in [0.25, 0.3) is 5.01 Å². The van der Waals surface area contributed by atoms with Crippen LogP contribution in [0.3, 0.4) is 0 Å². The number of aromatic nitrogens is 1. The van der Waals surface area contributed by atoms with E-state index in [9.17, 15) is 9.90 Å². The summed E-state index contributed by atoms with van der Waals surface area (Å²) >= 11 is 1.23. The average molecular weight is 193 g/mol. The van der Waals surface area contributed by atoms with E-state index in [2.05, 4.69) is 0 Å². The summed E-state index contributed by atoms with van der Waals surface area (Å²) in [6.07, 6.45) is 0. The summed E-state index contributed by atoms with van der Waals surface area (Å²) in [6.45, 7) is 0. The molecule has 0 bridgehead atoms. The van der Waals surface area contributed by atoms with Crippen LogP contribution in [0.25, 0.3) is 10.2 Å². The fourth-order valence-corrected chi connectivity index (χ4v) is 2.26. The quantitative estimate of drug-likeness (QED) is 0.602. The number of carboxylic acids is 1. The summed E-state index contributed by atoms with van der Waals surface area (Å²) in [5.41, 5.74) is 0.923. The van der Waals surface area contributed by atoms with Gasteiger partial charge in [0.15, 0.2) is 5.97 Å². The second-order valence-electron chi connectivity index (χ2n) is 2.72. The van der Waals surface area contributed by atoms with Gasteiger partial charge in [0, 0.05) is 6.07 Å². The van der Waals surface area contributed by atoms with E-state index in [-0.39, 0.29) is 5.01 Å². The van der Waals surface area contributed by atoms with E-state index in [1.165, 1.54) is 11.3 Å². The lowest BCUT2D eigenvalue weighted by Gasteiger charge is -1.91. The molecule has 0 aliphatic rings. The predicted octanol–water partition coefficient (Wildman–Crippen LogP) is 0.0893. The summed E-state index contributed by atoms with van der Waals surface area (Å²) < 4.78 is 2.60. The number of benzene rings is 1. The Morgan fingerprint density at radius 1 is 1.46 bits per heavy atom. The lowest BCUT2D eigenvalue weighted by atomic mass is 10.3. The third-order valence-electron chi connectivity index (χ3n) is 1.91. The maximum absolute atomic E-state index is 10.7. The Balaban J connectivity index is 2.81. The molecule has 66 valence electrons. The number of rotatable bonds is 1. The first kappa shape index (κ1) is 8.19. The number of carbonyl (C=O) groups is 1. The van der Waals surface area contributed by atoms with Gasteiger partial charge in [-0.1, -0.05) is 23.5 Å². The molecule has 0 radical (unpaired) electrons. The number of aryl methyl sites for hydroxylation is 1. The van der Waals surface area contributed by atoms with Gasteiger partial charge in [-0.3, -0.25) is 0 Å². The Hall–Kier alpha value is -1.42. The molecule has 0 saturated heterocycles. The summed E-state index contributed by atoms with van der Waals surface area (Å²) in [4.78, 5) is 10.7. The van der Waals surface area contributed by atoms with E-state index in [1.807, 2.05) is 24.3 Å². The second kappa shape index (κ2) is 2.81. The predicted molar refractivity (Wildman–Crippen MR) is 47.3 cm³/mol. The molecular formula is C9H7NO2S. The van der Waals surface area contributed by atoms with Gasteiger partial charge < -0.3 is 9.90 Å². The number of fused-ring (bicyclic) bond motifs is 1. The van der Waals surface area contributed by atoms with Crippen molar-refractivity contribution in [1.29, 1.82) is 0 Å². The Morgan fingerprint density at radius 3 is 2.77 bits per heavy atom. The molecule has 0 unspecified atom stereocenters. The molecule has 0 amide bonds. The van der Waals surface area contributed by atoms with Crippen molar-refractivity contribution in [2.24, 2.45) is 7.05 Å². The first-order chi connectivity index (χ1) is 6.20. The number of carboxylic acid groups (broad SMARTS) is 1. The Labute approximate surface area is 78.9 Å². The van der Waals surface area contributed by atoms with Crippen molar-refractivity contribution in [3.63, 3.8) is 0 Å². The van der Waals surface area contributed by atoms with Crippen LogP contribution in [0.1, 0.15) is 9.80 Å². The standard InChI is InChI=1S/C9H7NO2S/c1-10-6-4-2-3-5-7(6)13-8(10)9(11)12/h2-5H,1H3. The maximum Gasteiger partial charge on any atom is 0.285 e. The highest BCUT2D eigenvalue weighted by molar-refractivity contribution is 7.19. The molecule has 2 rings (SSSR count). The lowest BCUT2D eigenvalue weighted by Crippen LogP contribution is -2.38. The van der Waals surface area contributed by atoms with Crippen LogP contribution in [0.15, 0.2) is 24.3 Å². The zero-order valence-electron chi connectivity index (χ0n) is 6.98. The minimum atomic E-state index is -1.12. The molecule has 0 atom stereocenters. The molecular weight excluding hydrogens is 186 g/mol. The summed E-state index contributed by atoms with van der Waals surface area (Å²) in [7, 11) is 1.73. The SMILES string of the molecule is C[n+]1c(C(=O)[O-])sc2ccccc21. The molecule has 2 aromatic rings. The molecule has 0 aliphatic heterocycles. The van der Waals surface area contributed by atoms with E-state index >= 15 is 0 Å². The highest BCUT2D eigenvalue weighted by atomic mass is 32.1. The van der Waals surface area contributed by atoms with E-state index in [4.69, 9.17) is 0 Å². The Bertz CT molecular complexity index is 475. The van der Waals surface area contributed by atoms with Crippen LogP contribution in [0, 0.1) is 0 Å². The zero-order valence-corrected chi connectivity index (χ0v) is 7.80. The zero-order chi connectivity index (χ0) is 9.42. The number of aromatic carboxylic acids is 1. The molecule has 3 nitrogen and oxygen atoms in total. The van der Waals surface area contributed by atoms with Gasteiger partial charge >= 0.3 is 0 Å². The number of nitrogens with zero attached hydrogens (tertiary/aromatic N) is 1. The number of para-hydroxylation sites is 1. The molecule has 13 heavy (non-hydrogen) atoms. The topological polar surface area (TPSA) is 44.0 Å². The lowest BCUT2D eigenvalue weighted by molar-refractivity contribution is -0.645. The molecule has 1 aromatic carbocycles. The van der Waals surface area contributed by atoms with Gasteiger partial charge in [-0.15, -0.1) is 0 Å². The van der Waals surface area contributed by atoms with Crippen molar-refractivity contribution in [3.05, 3.63) is 29.3 Å². The molecule has 1 heterocycles. The van der Waals surface area contributed by atoms with E-state index in [0.717, 1.165) is 10.2 Å². The molecule has 0 aliphatic carbocycles. The Morgan fingerprint density at radius 2 is 2.15 bits per heavy atom. The molecule has 0 saturated carbocycles. The normalized spacial score (nSPS) is 10.5. The highest BCUT2D eigenvalue weighted by Crippen LogP contribution is 2.18. The number of carbonyl (C=O) groups excluding carboxylic acids is 1. The fraction of sp³-hybridized carbons (Fsp3) is 0.111. The number of hydrogen-bond donors (Lipinski definition) is 0. The number of hydrogen-bond acceptors (Lipinski definition) is 3. The second-order valence-corrected chi connectivity index (χ2v) is 3.75. The van der Waals surface area contributed by atoms with Gasteiger partial charge in [0.05, 0.1) is 0 Å². The van der Waals surface area contributed by atoms with Crippen LogP contribution < -0.4 is 9.67 Å². The number of thiazole rings is 1.